The third kappa shape index (κ3) is 1.15. The first-order valence-electron chi connectivity index (χ1n) is 4.43. The predicted octanol–water partition coefficient (Wildman–Crippen LogP) is 2.09. The minimum Gasteiger partial charge on any atom is -0.288 e. The van der Waals surface area contributed by atoms with Crippen LogP contribution in [0.4, 0.5) is 0 Å². The number of hydrogen-bond acceptors (Lipinski definition) is 3. The Morgan fingerprint density at radius 3 is 3.07 bits per heavy atom. The summed E-state index contributed by atoms with van der Waals surface area (Å²) in [5.41, 5.74) is 3.05. The monoisotopic (exact) mass is 260 g/mol. The molecule has 15 heavy (non-hydrogen) atoms. The Bertz CT molecular complexity index is 570. The molecule has 1 aromatic rings. The molecule has 1 aliphatic carbocycles. The number of rotatable bonds is 0. The molecule has 3 rings (SSSR count). The van der Waals surface area contributed by atoms with Crippen molar-refractivity contribution in [2.45, 2.75) is 0 Å². The first kappa shape index (κ1) is 8.73. The van der Waals surface area contributed by atoms with Gasteiger partial charge in [0.1, 0.15) is 5.71 Å². The van der Waals surface area contributed by atoms with Crippen molar-refractivity contribution in [1.82, 2.24) is 4.98 Å². The van der Waals surface area contributed by atoms with Crippen LogP contribution in [0, 0.1) is 0 Å². The molecule has 0 aromatic carbocycles. The Morgan fingerprint density at radius 1 is 1.33 bits per heavy atom. The average molecular weight is 261 g/mol. The number of aliphatic imine (C=N–C) groups is 1. The number of halogens is 1. The van der Waals surface area contributed by atoms with Crippen LogP contribution in [-0.2, 0) is 4.79 Å². The van der Waals surface area contributed by atoms with Crippen molar-refractivity contribution in [2.75, 3.05) is 0 Å². The first-order valence-corrected chi connectivity index (χ1v) is 5.22. The van der Waals surface area contributed by atoms with Gasteiger partial charge in [-0.05, 0) is 28.1 Å². The molecule has 3 nitrogen and oxygen atoms in total. The van der Waals surface area contributed by atoms with Crippen LogP contribution in [0.15, 0.2) is 39.6 Å². The third-order valence-corrected chi connectivity index (χ3v) is 2.95. The lowest BCUT2D eigenvalue weighted by Crippen LogP contribution is -2.14. The number of fused-ring (bicyclic) bond motifs is 3. The summed E-state index contributed by atoms with van der Waals surface area (Å²) in [6, 6.07) is 3.78. The lowest BCUT2D eigenvalue weighted by atomic mass is 10.1. The van der Waals surface area contributed by atoms with Gasteiger partial charge in [-0.3, -0.25) is 14.8 Å². The van der Waals surface area contributed by atoms with E-state index in [1.807, 2.05) is 18.2 Å². The van der Waals surface area contributed by atoms with Gasteiger partial charge in [0.05, 0.1) is 15.7 Å². The van der Waals surface area contributed by atoms with Crippen molar-refractivity contribution in [3.63, 3.8) is 0 Å². The number of pyridine rings is 1. The first-order chi connectivity index (χ1) is 7.27. The van der Waals surface area contributed by atoms with Gasteiger partial charge < -0.3 is 0 Å². The van der Waals surface area contributed by atoms with Gasteiger partial charge in [-0.1, -0.05) is 6.07 Å². The zero-order chi connectivity index (χ0) is 10.4. The fraction of sp³-hybridized carbons (Fsp3) is 0. The van der Waals surface area contributed by atoms with Gasteiger partial charge in [-0.15, -0.1) is 0 Å². The Kier molecular flexibility index (Phi) is 1.73. The van der Waals surface area contributed by atoms with E-state index in [4.69, 9.17) is 0 Å². The highest BCUT2D eigenvalue weighted by Gasteiger charge is 2.29. The maximum absolute atomic E-state index is 11.8. The van der Waals surface area contributed by atoms with Crippen LogP contribution in [0.3, 0.4) is 0 Å². The molecular weight excluding hydrogens is 256 g/mol. The van der Waals surface area contributed by atoms with Crippen LogP contribution in [0.1, 0.15) is 11.3 Å². The number of carbonyl (C=O) groups is 1. The molecular formula is C11H5BrN2O. The fourth-order valence-corrected chi connectivity index (χ4v) is 2.01. The lowest BCUT2D eigenvalue weighted by molar-refractivity contribution is -0.111. The minimum absolute atomic E-state index is 0.0296. The molecule has 0 saturated heterocycles. The van der Waals surface area contributed by atoms with Crippen molar-refractivity contribution in [2.24, 2.45) is 4.99 Å². The van der Waals surface area contributed by atoms with E-state index in [0.717, 1.165) is 11.3 Å². The van der Waals surface area contributed by atoms with Gasteiger partial charge in [0, 0.05) is 18.0 Å². The van der Waals surface area contributed by atoms with Gasteiger partial charge >= 0.3 is 0 Å². The second kappa shape index (κ2) is 2.97. The molecule has 0 saturated carbocycles. The van der Waals surface area contributed by atoms with Crippen molar-refractivity contribution >= 4 is 33.5 Å². The van der Waals surface area contributed by atoms with E-state index in [2.05, 4.69) is 25.9 Å². The van der Waals surface area contributed by atoms with Crippen molar-refractivity contribution in [3.8, 4) is 0 Å². The third-order valence-electron chi connectivity index (χ3n) is 2.39. The van der Waals surface area contributed by atoms with Crippen LogP contribution >= 0.6 is 15.9 Å². The van der Waals surface area contributed by atoms with E-state index in [9.17, 15) is 4.79 Å². The normalized spacial score (nSPS) is 17.7. The Balaban J connectivity index is 2.26. The summed E-state index contributed by atoms with van der Waals surface area (Å²) in [5, 5.41) is 0. The van der Waals surface area contributed by atoms with E-state index in [1.165, 1.54) is 6.20 Å². The molecule has 0 bridgehead atoms. The fourth-order valence-electron chi connectivity index (χ4n) is 1.70. The average Bonchev–Trinajstić information content (AvgIpc) is 2.63. The highest BCUT2D eigenvalue weighted by Crippen LogP contribution is 2.30. The van der Waals surface area contributed by atoms with Crippen LogP contribution < -0.4 is 0 Å². The quantitative estimate of drug-likeness (QED) is 0.717. The number of aromatic nitrogens is 1. The molecule has 0 amide bonds. The van der Waals surface area contributed by atoms with Gasteiger partial charge in [0.2, 0.25) is 5.78 Å². The number of hydrogen-bond donors (Lipinski definition) is 0. The second-order valence-electron chi connectivity index (χ2n) is 3.28. The summed E-state index contributed by atoms with van der Waals surface area (Å²) in [6.45, 7) is 0. The van der Waals surface area contributed by atoms with Crippen molar-refractivity contribution < 1.29 is 4.79 Å². The Hall–Kier alpha value is -1.55. The van der Waals surface area contributed by atoms with Gasteiger partial charge in [-0.2, -0.15) is 0 Å². The highest BCUT2D eigenvalue weighted by atomic mass is 79.9. The second-order valence-corrected chi connectivity index (χ2v) is 4.14. The van der Waals surface area contributed by atoms with Crippen LogP contribution in [0.25, 0.3) is 6.08 Å². The number of ketones is 1. The Labute approximate surface area is 94.4 Å². The van der Waals surface area contributed by atoms with Gasteiger partial charge in [0.25, 0.3) is 0 Å². The van der Waals surface area contributed by atoms with Crippen LogP contribution in [0.2, 0.25) is 0 Å². The molecule has 0 radical (unpaired) electrons. The zero-order valence-corrected chi connectivity index (χ0v) is 9.15. The van der Waals surface area contributed by atoms with Crippen LogP contribution in [0.5, 0.6) is 0 Å². The Morgan fingerprint density at radius 2 is 2.20 bits per heavy atom. The summed E-state index contributed by atoms with van der Waals surface area (Å²) in [7, 11) is 0. The summed E-state index contributed by atoms with van der Waals surface area (Å²) >= 11 is 3.18. The lowest BCUT2D eigenvalue weighted by Gasteiger charge is -2.07. The standard InChI is InChI=1S/C11H5BrN2O/c12-8-5-14-10-7(11(8)15)4-6-2-1-3-13-9(6)10/h1-5H. The van der Waals surface area contributed by atoms with E-state index in [-0.39, 0.29) is 5.78 Å². The molecule has 0 N–H and O–H groups in total. The highest BCUT2D eigenvalue weighted by molar-refractivity contribution is 9.12. The smallest absolute Gasteiger partial charge is 0.203 e. The van der Waals surface area contributed by atoms with Crippen LogP contribution in [-0.4, -0.2) is 16.5 Å². The van der Waals surface area contributed by atoms with E-state index in [1.54, 1.807) is 6.20 Å². The van der Waals surface area contributed by atoms with E-state index >= 15 is 0 Å². The summed E-state index contributed by atoms with van der Waals surface area (Å²) in [4.78, 5) is 20.2. The zero-order valence-electron chi connectivity index (χ0n) is 7.57. The van der Waals surface area contributed by atoms with E-state index < -0.39 is 0 Å². The molecule has 0 spiro atoms. The molecule has 72 valence electrons. The van der Waals surface area contributed by atoms with E-state index in [0.29, 0.717) is 15.8 Å². The van der Waals surface area contributed by atoms with Gasteiger partial charge in [0.15, 0.2) is 0 Å². The topological polar surface area (TPSA) is 42.3 Å². The van der Waals surface area contributed by atoms with Crippen molar-refractivity contribution in [1.29, 1.82) is 0 Å². The molecule has 0 fully saturated rings. The summed E-state index contributed by atoms with van der Waals surface area (Å²) in [6.07, 6.45) is 5.06. The molecule has 2 heterocycles. The molecule has 0 atom stereocenters. The summed E-state index contributed by atoms with van der Waals surface area (Å²) in [5.74, 6) is -0.0296. The SMILES string of the molecule is O=C1C(Br)=CN=C2C1=Cc1cccnc12. The molecule has 0 unspecified atom stereocenters. The largest absolute Gasteiger partial charge is 0.288 e. The molecule has 4 heteroatoms. The number of carbonyl (C=O) groups excluding carboxylic acids is 1. The predicted molar refractivity (Wildman–Crippen MR) is 60.8 cm³/mol. The summed E-state index contributed by atoms with van der Waals surface area (Å²) < 4.78 is 0.491. The number of allylic oxidation sites excluding steroid dienone is 2. The van der Waals surface area contributed by atoms with Gasteiger partial charge in [-0.25, -0.2) is 0 Å². The van der Waals surface area contributed by atoms with Crippen molar-refractivity contribution in [3.05, 3.63) is 45.8 Å². The maximum Gasteiger partial charge on any atom is 0.203 e. The molecule has 1 aromatic heterocycles. The number of Topliss-reactive ketones (excluding diaryl/α,β-unsaturated/α-hetero) is 1. The maximum atomic E-state index is 11.8. The molecule has 2 aliphatic rings. The minimum atomic E-state index is -0.0296. The molecule has 1 aliphatic heterocycles. The number of nitrogens with zero attached hydrogens (tertiary/aromatic N) is 2.